The number of hydrogen-bond acceptors (Lipinski definition) is 5. The molecule has 1 aromatic heterocycles. The smallest absolute Gasteiger partial charge is 0.341 e. The summed E-state index contributed by atoms with van der Waals surface area (Å²) in [5.74, 6) is -4.22. The van der Waals surface area contributed by atoms with Gasteiger partial charge in [0, 0.05) is 6.54 Å². The number of nitrogens with two attached hydrogens (primary N) is 1. The highest BCUT2D eigenvalue weighted by Gasteiger charge is 2.31. The Morgan fingerprint density at radius 2 is 2.11 bits per heavy atom. The van der Waals surface area contributed by atoms with Gasteiger partial charge in [-0.1, -0.05) is 0 Å². The lowest BCUT2D eigenvalue weighted by molar-refractivity contribution is 0.0954. The number of amides is 1. The van der Waals surface area contributed by atoms with Gasteiger partial charge in [-0.05, 0) is 24.4 Å². The number of nitrogens with one attached hydrogen (secondary N) is 1. The van der Waals surface area contributed by atoms with Gasteiger partial charge in [0.1, 0.15) is 4.88 Å². The third-order valence-corrected chi connectivity index (χ3v) is 4.51. The van der Waals surface area contributed by atoms with E-state index in [-0.39, 0.29) is 23.8 Å². The van der Waals surface area contributed by atoms with Crippen LogP contribution in [0.3, 0.4) is 0 Å². The van der Waals surface area contributed by atoms with Gasteiger partial charge in [-0.15, -0.1) is 23.7 Å². The minimum atomic E-state index is -4.75. The van der Waals surface area contributed by atoms with E-state index in [1.807, 2.05) is 0 Å². The molecule has 0 aliphatic rings. The van der Waals surface area contributed by atoms with Crippen molar-refractivity contribution in [2.24, 2.45) is 5.73 Å². The molecule has 110 valence electrons. The van der Waals surface area contributed by atoms with E-state index in [2.05, 4.69) is 5.32 Å². The van der Waals surface area contributed by atoms with Gasteiger partial charge in [-0.3, -0.25) is 4.79 Å². The van der Waals surface area contributed by atoms with Crippen LogP contribution < -0.4 is 11.1 Å². The highest BCUT2D eigenvalue weighted by atomic mass is 35.5. The molecule has 0 aliphatic heterocycles. The van der Waals surface area contributed by atoms with E-state index >= 15 is 0 Å². The molecule has 19 heavy (non-hydrogen) atoms. The Balaban J connectivity index is 0.00000324. The molecule has 5 nitrogen and oxygen atoms in total. The molecule has 1 amide bonds. The van der Waals surface area contributed by atoms with Crippen molar-refractivity contribution < 1.29 is 22.0 Å². The van der Waals surface area contributed by atoms with Crippen LogP contribution in [0.15, 0.2) is 16.3 Å². The van der Waals surface area contributed by atoms with Gasteiger partial charge in [0.15, 0.2) is 0 Å². The molecule has 0 atom stereocenters. The van der Waals surface area contributed by atoms with Gasteiger partial charge in [0.2, 0.25) is 9.84 Å². The van der Waals surface area contributed by atoms with Crippen LogP contribution in [-0.2, 0) is 9.84 Å². The summed E-state index contributed by atoms with van der Waals surface area (Å²) in [7, 11) is -4.75. The topological polar surface area (TPSA) is 89.3 Å². The summed E-state index contributed by atoms with van der Waals surface area (Å²) >= 11 is 0.804. The maximum absolute atomic E-state index is 12.4. The third-order valence-electron chi connectivity index (χ3n) is 2.04. The normalized spacial score (nSPS) is 11.2. The lowest BCUT2D eigenvalue weighted by atomic mass is 10.4. The van der Waals surface area contributed by atoms with Crippen molar-refractivity contribution in [2.75, 3.05) is 13.1 Å². The molecule has 10 heteroatoms. The van der Waals surface area contributed by atoms with Gasteiger partial charge >= 0.3 is 5.76 Å². The summed E-state index contributed by atoms with van der Waals surface area (Å²) in [6, 6.07) is 1.00. The molecule has 0 fully saturated rings. The zero-order chi connectivity index (χ0) is 13.8. The molecule has 1 aromatic rings. The molecule has 0 saturated carbocycles. The molecule has 1 rings (SSSR count). The summed E-state index contributed by atoms with van der Waals surface area (Å²) in [6.45, 7) is 0.633. The van der Waals surface area contributed by atoms with Crippen LogP contribution in [-0.4, -0.2) is 33.2 Å². The van der Waals surface area contributed by atoms with E-state index in [4.69, 9.17) is 5.73 Å². The molecule has 0 radical (unpaired) electrons. The molecular weight excluding hydrogens is 322 g/mol. The van der Waals surface area contributed by atoms with Gasteiger partial charge in [0.25, 0.3) is 5.91 Å². The molecule has 1 heterocycles. The fourth-order valence-electron chi connectivity index (χ4n) is 1.17. The summed E-state index contributed by atoms with van der Waals surface area (Å²) in [4.78, 5) is 10.8. The lowest BCUT2D eigenvalue weighted by Crippen LogP contribution is -2.27. The van der Waals surface area contributed by atoms with Gasteiger partial charge in [0.05, 0.1) is 4.90 Å². The number of hydrogen-bond donors (Lipinski definition) is 2. The Bertz CT molecular complexity index is 519. The van der Waals surface area contributed by atoms with E-state index in [1.165, 1.54) is 5.38 Å². The highest BCUT2D eigenvalue weighted by Crippen LogP contribution is 2.26. The number of sulfone groups is 1. The molecule has 0 aromatic carbocycles. The minimum Gasteiger partial charge on any atom is -0.351 e. The second kappa shape index (κ2) is 7.73. The Morgan fingerprint density at radius 3 is 2.63 bits per heavy atom. The second-order valence-corrected chi connectivity index (χ2v) is 6.12. The van der Waals surface area contributed by atoms with Gasteiger partial charge < -0.3 is 11.1 Å². The Kier molecular flexibility index (Phi) is 7.42. The van der Waals surface area contributed by atoms with Crippen molar-refractivity contribution in [1.82, 2.24) is 5.32 Å². The van der Waals surface area contributed by atoms with E-state index in [9.17, 15) is 22.0 Å². The van der Waals surface area contributed by atoms with Crippen LogP contribution in [0.1, 0.15) is 16.1 Å². The van der Waals surface area contributed by atoms with Crippen LogP contribution in [0.5, 0.6) is 0 Å². The fourth-order valence-corrected chi connectivity index (χ4v) is 3.25. The molecule has 0 unspecified atom stereocenters. The van der Waals surface area contributed by atoms with Gasteiger partial charge in [-0.2, -0.15) is 8.78 Å². The number of alkyl halides is 2. The first-order valence-corrected chi connectivity index (χ1v) is 7.41. The zero-order valence-corrected chi connectivity index (χ0v) is 12.1. The average Bonchev–Trinajstić information content (AvgIpc) is 2.78. The first-order valence-electron chi connectivity index (χ1n) is 4.99. The quantitative estimate of drug-likeness (QED) is 0.766. The van der Waals surface area contributed by atoms with Crippen molar-refractivity contribution >= 4 is 39.5 Å². The first-order chi connectivity index (χ1) is 8.41. The van der Waals surface area contributed by atoms with Crippen molar-refractivity contribution in [3.05, 3.63) is 16.3 Å². The summed E-state index contributed by atoms with van der Waals surface area (Å²) in [6.07, 6.45) is 0.522. The average molecular weight is 335 g/mol. The monoisotopic (exact) mass is 334 g/mol. The summed E-state index contributed by atoms with van der Waals surface area (Å²) < 4.78 is 47.4. The molecule has 0 aliphatic carbocycles. The number of carbonyl (C=O) groups excluding carboxylic acids is 1. The third kappa shape index (κ3) is 4.37. The summed E-state index contributed by atoms with van der Waals surface area (Å²) in [5.41, 5.74) is 5.23. The number of halogens is 3. The van der Waals surface area contributed by atoms with E-state index < -0.39 is 26.4 Å². The second-order valence-electron chi connectivity index (χ2n) is 3.32. The van der Waals surface area contributed by atoms with Crippen molar-refractivity contribution in [3.8, 4) is 0 Å². The number of thiophene rings is 1. The van der Waals surface area contributed by atoms with Crippen LogP contribution in [0.4, 0.5) is 8.78 Å². The van der Waals surface area contributed by atoms with Crippen LogP contribution >= 0.6 is 23.7 Å². The Hall–Kier alpha value is -0.770. The first kappa shape index (κ1) is 18.2. The molecular formula is C9H13ClF2N2O3S2. The predicted octanol–water partition coefficient (Wildman–Crippen LogP) is 1.24. The van der Waals surface area contributed by atoms with E-state index in [0.717, 1.165) is 17.4 Å². The molecule has 0 spiro atoms. The SMILES string of the molecule is Cl.NCCCNC(=O)c1sccc1S(=O)(=O)C(F)F. The van der Waals surface area contributed by atoms with Crippen molar-refractivity contribution in [2.45, 2.75) is 17.1 Å². The predicted molar refractivity (Wildman–Crippen MR) is 70.8 cm³/mol. The minimum absolute atomic E-state index is 0. The maximum atomic E-state index is 12.4. The van der Waals surface area contributed by atoms with Crippen molar-refractivity contribution in [3.63, 3.8) is 0 Å². The standard InChI is InChI=1S/C9H12F2N2O3S2.ClH/c10-9(11)18(15,16)6-2-5-17-7(6)8(14)13-4-1-3-12;/h2,5,9H,1,3-4,12H2,(H,13,14);1H. The zero-order valence-electron chi connectivity index (χ0n) is 9.64. The van der Waals surface area contributed by atoms with Crippen molar-refractivity contribution in [1.29, 1.82) is 0 Å². The number of carbonyl (C=O) groups is 1. The lowest BCUT2D eigenvalue weighted by Gasteiger charge is -2.05. The van der Waals surface area contributed by atoms with Crippen LogP contribution in [0, 0.1) is 0 Å². The Labute approximate surface area is 119 Å². The number of rotatable bonds is 6. The summed E-state index contributed by atoms with van der Waals surface area (Å²) in [5, 5.41) is 3.70. The van der Waals surface area contributed by atoms with Crippen LogP contribution in [0.2, 0.25) is 0 Å². The van der Waals surface area contributed by atoms with Gasteiger partial charge in [-0.25, -0.2) is 8.42 Å². The maximum Gasteiger partial charge on any atom is 0.341 e. The van der Waals surface area contributed by atoms with E-state index in [0.29, 0.717) is 13.0 Å². The Morgan fingerprint density at radius 1 is 1.47 bits per heavy atom. The fraction of sp³-hybridized carbons (Fsp3) is 0.444. The molecule has 3 N–H and O–H groups in total. The van der Waals surface area contributed by atoms with E-state index in [1.54, 1.807) is 0 Å². The molecule has 0 saturated heterocycles. The highest BCUT2D eigenvalue weighted by molar-refractivity contribution is 7.92. The largest absolute Gasteiger partial charge is 0.351 e. The molecule has 0 bridgehead atoms. The van der Waals surface area contributed by atoms with Crippen LogP contribution in [0.25, 0.3) is 0 Å².